The molecule has 0 radical (unpaired) electrons. The van der Waals surface area contributed by atoms with Gasteiger partial charge >= 0.3 is 0 Å². The molecule has 0 aliphatic rings. The normalized spacial score (nSPS) is 10.5. The third kappa shape index (κ3) is 3.08. The molecule has 0 fully saturated rings. The number of rotatable bonds is 8. The van der Waals surface area contributed by atoms with Gasteiger partial charge in [0.1, 0.15) is 11.5 Å². The quantitative estimate of drug-likeness (QED) is 0.551. The van der Waals surface area contributed by atoms with E-state index in [1.807, 2.05) is 0 Å². The lowest BCUT2D eigenvalue weighted by atomic mass is 9.99. The number of fused-ring (bicyclic) bond motifs is 1. The highest BCUT2D eigenvalue weighted by Gasteiger charge is 2.14. The molecule has 0 aliphatic heterocycles. The van der Waals surface area contributed by atoms with Crippen LogP contribution in [0.15, 0.2) is 24.3 Å². The van der Waals surface area contributed by atoms with Crippen molar-refractivity contribution in [2.24, 2.45) is 0 Å². The molecule has 0 unspecified atom stereocenters. The Labute approximate surface area is 127 Å². The van der Waals surface area contributed by atoms with Crippen LogP contribution >= 0.6 is 0 Å². The largest absolute Gasteiger partial charge is 0.467 e. The standard InChI is InChI=1S/C16H16O6/c1-19-9-21-15-5-3-12-11(13(15)7-17)4-6-16(14(12)8-18)22-10-20-2/h3-8H,9-10H2,1-2H3. The maximum absolute atomic E-state index is 11.4. The molecule has 0 aromatic heterocycles. The van der Waals surface area contributed by atoms with Crippen LogP contribution in [-0.2, 0) is 9.47 Å². The van der Waals surface area contributed by atoms with Crippen molar-refractivity contribution < 1.29 is 28.5 Å². The second-order valence-electron chi connectivity index (χ2n) is 4.39. The van der Waals surface area contributed by atoms with Crippen LogP contribution in [0.2, 0.25) is 0 Å². The van der Waals surface area contributed by atoms with Gasteiger partial charge in [0.2, 0.25) is 0 Å². The summed E-state index contributed by atoms with van der Waals surface area (Å²) in [5.41, 5.74) is 0.715. The lowest BCUT2D eigenvalue weighted by Crippen LogP contribution is -2.04. The summed E-state index contributed by atoms with van der Waals surface area (Å²) in [5.74, 6) is 0.790. The van der Waals surface area contributed by atoms with Gasteiger partial charge in [0.15, 0.2) is 26.2 Å². The fourth-order valence-electron chi connectivity index (χ4n) is 2.15. The molecule has 22 heavy (non-hydrogen) atoms. The number of methoxy groups -OCH3 is 2. The third-order valence-electron chi connectivity index (χ3n) is 3.10. The summed E-state index contributed by atoms with van der Waals surface area (Å²) >= 11 is 0. The zero-order chi connectivity index (χ0) is 15.9. The zero-order valence-corrected chi connectivity index (χ0v) is 12.3. The van der Waals surface area contributed by atoms with Gasteiger partial charge in [0.25, 0.3) is 0 Å². The minimum Gasteiger partial charge on any atom is -0.467 e. The number of hydrogen-bond acceptors (Lipinski definition) is 6. The molecule has 2 aromatic rings. The Morgan fingerprint density at radius 3 is 1.50 bits per heavy atom. The fraction of sp³-hybridized carbons (Fsp3) is 0.250. The van der Waals surface area contributed by atoms with E-state index in [4.69, 9.17) is 18.9 Å². The lowest BCUT2D eigenvalue weighted by Gasteiger charge is -2.13. The van der Waals surface area contributed by atoms with Crippen molar-refractivity contribution in [2.45, 2.75) is 0 Å². The summed E-state index contributed by atoms with van der Waals surface area (Å²) in [6.07, 6.45) is 1.38. The summed E-state index contributed by atoms with van der Waals surface area (Å²) in [6, 6.07) is 6.66. The Morgan fingerprint density at radius 1 is 0.773 bits per heavy atom. The molecule has 2 rings (SSSR count). The van der Waals surface area contributed by atoms with Crippen molar-refractivity contribution in [1.29, 1.82) is 0 Å². The van der Waals surface area contributed by atoms with E-state index in [2.05, 4.69) is 0 Å². The summed E-state index contributed by atoms with van der Waals surface area (Å²) < 4.78 is 20.4. The van der Waals surface area contributed by atoms with E-state index in [1.54, 1.807) is 24.3 Å². The van der Waals surface area contributed by atoms with E-state index in [0.29, 0.717) is 46.0 Å². The first-order chi connectivity index (χ1) is 10.8. The van der Waals surface area contributed by atoms with E-state index in [9.17, 15) is 9.59 Å². The van der Waals surface area contributed by atoms with Gasteiger partial charge in [-0.05, 0) is 35.0 Å². The Kier molecular flexibility index (Phi) is 5.46. The third-order valence-corrected chi connectivity index (χ3v) is 3.10. The summed E-state index contributed by atoms with van der Waals surface area (Å²) in [6.45, 7) is 0.0594. The minimum atomic E-state index is 0.0297. The van der Waals surface area contributed by atoms with Crippen LogP contribution in [0.3, 0.4) is 0 Å². The minimum absolute atomic E-state index is 0.0297. The van der Waals surface area contributed by atoms with E-state index in [-0.39, 0.29) is 13.6 Å². The second-order valence-corrected chi connectivity index (χ2v) is 4.39. The van der Waals surface area contributed by atoms with Crippen LogP contribution in [0.4, 0.5) is 0 Å². The molecule has 0 saturated carbocycles. The molecule has 2 aromatic carbocycles. The van der Waals surface area contributed by atoms with E-state index < -0.39 is 0 Å². The first-order valence-electron chi connectivity index (χ1n) is 6.50. The predicted octanol–water partition coefficient (Wildman–Crippen LogP) is 2.43. The van der Waals surface area contributed by atoms with Crippen LogP contribution in [0.5, 0.6) is 11.5 Å². The number of benzene rings is 2. The van der Waals surface area contributed by atoms with E-state index in [1.165, 1.54) is 14.2 Å². The molecule has 6 nitrogen and oxygen atoms in total. The van der Waals surface area contributed by atoms with Gasteiger partial charge in [0, 0.05) is 14.2 Å². The Hall–Kier alpha value is -2.44. The van der Waals surface area contributed by atoms with Crippen LogP contribution in [0, 0.1) is 0 Å². The molecular weight excluding hydrogens is 288 g/mol. The second kappa shape index (κ2) is 7.53. The number of aldehydes is 2. The number of hydrogen-bond donors (Lipinski definition) is 0. The number of carbonyl (C=O) groups is 2. The van der Waals surface area contributed by atoms with Crippen molar-refractivity contribution in [2.75, 3.05) is 27.8 Å². The average Bonchev–Trinajstić information content (AvgIpc) is 2.56. The highest BCUT2D eigenvalue weighted by molar-refractivity contribution is 6.08. The fourth-order valence-corrected chi connectivity index (χ4v) is 2.15. The smallest absolute Gasteiger partial charge is 0.188 e. The van der Waals surface area contributed by atoms with Gasteiger partial charge in [-0.3, -0.25) is 9.59 Å². The van der Waals surface area contributed by atoms with Gasteiger partial charge in [-0.15, -0.1) is 0 Å². The van der Waals surface area contributed by atoms with Crippen molar-refractivity contribution in [1.82, 2.24) is 0 Å². The van der Waals surface area contributed by atoms with Gasteiger partial charge in [0.05, 0.1) is 11.1 Å². The number of carbonyl (C=O) groups excluding carboxylic acids is 2. The molecule has 6 heteroatoms. The predicted molar refractivity (Wildman–Crippen MR) is 79.7 cm³/mol. The van der Waals surface area contributed by atoms with Crippen molar-refractivity contribution >= 4 is 23.3 Å². The van der Waals surface area contributed by atoms with Crippen molar-refractivity contribution in [3.8, 4) is 11.5 Å². The maximum atomic E-state index is 11.4. The van der Waals surface area contributed by atoms with Gasteiger partial charge in [-0.1, -0.05) is 0 Å². The van der Waals surface area contributed by atoms with E-state index >= 15 is 0 Å². The van der Waals surface area contributed by atoms with Crippen LogP contribution in [0.25, 0.3) is 10.8 Å². The summed E-state index contributed by atoms with van der Waals surface area (Å²) in [5, 5.41) is 1.21. The van der Waals surface area contributed by atoms with Gasteiger partial charge < -0.3 is 18.9 Å². The maximum Gasteiger partial charge on any atom is 0.188 e. The molecule has 0 atom stereocenters. The van der Waals surface area contributed by atoms with E-state index in [0.717, 1.165) is 0 Å². The molecular formula is C16H16O6. The SMILES string of the molecule is COCOc1ccc2c(C=O)c(OCOC)ccc2c1C=O. The molecule has 0 saturated heterocycles. The lowest BCUT2D eigenvalue weighted by molar-refractivity contribution is 0.0502. The molecule has 0 heterocycles. The van der Waals surface area contributed by atoms with Crippen LogP contribution in [0.1, 0.15) is 20.7 Å². The average molecular weight is 304 g/mol. The van der Waals surface area contributed by atoms with Crippen molar-refractivity contribution in [3.63, 3.8) is 0 Å². The number of ether oxygens (including phenoxy) is 4. The Morgan fingerprint density at radius 2 is 1.18 bits per heavy atom. The highest BCUT2D eigenvalue weighted by atomic mass is 16.7. The van der Waals surface area contributed by atoms with Crippen molar-refractivity contribution in [3.05, 3.63) is 35.4 Å². The molecule has 0 spiro atoms. The monoisotopic (exact) mass is 304 g/mol. The highest BCUT2D eigenvalue weighted by Crippen LogP contribution is 2.32. The molecule has 0 amide bonds. The molecule has 0 bridgehead atoms. The Balaban J connectivity index is 2.58. The van der Waals surface area contributed by atoms with Gasteiger partial charge in [-0.2, -0.15) is 0 Å². The first-order valence-corrected chi connectivity index (χ1v) is 6.50. The zero-order valence-electron chi connectivity index (χ0n) is 12.3. The molecule has 0 aliphatic carbocycles. The van der Waals surface area contributed by atoms with Gasteiger partial charge in [-0.25, -0.2) is 0 Å². The summed E-state index contributed by atoms with van der Waals surface area (Å²) in [4.78, 5) is 22.8. The molecule has 0 N–H and O–H groups in total. The topological polar surface area (TPSA) is 71.1 Å². The Bertz CT molecular complexity index is 621. The molecule has 116 valence electrons. The van der Waals surface area contributed by atoms with Crippen LogP contribution < -0.4 is 9.47 Å². The summed E-state index contributed by atoms with van der Waals surface area (Å²) in [7, 11) is 2.98. The first kappa shape index (κ1) is 15.9. The van der Waals surface area contributed by atoms with Crippen LogP contribution in [-0.4, -0.2) is 40.4 Å².